The van der Waals surface area contributed by atoms with Crippen LogP contribution in [-0.2, 0) is 27.3 Å². The Bertz CT molecular complexity index is 1430. The number of aromatic hydroxyl groups is 1. The number of carbonyl (C=O) groups is 4. The van der Waals surface area contributed by atoms with E-state index in [1.54, 1.807) is 26.2 Å². The van der Waals surface area contributed by atoms with E-state index in [-0.39, 0.29) is 24.2 Å². The van der Waals surface area contributed by atoms with Crippen molar-refractivity contribution in [1.82, 2.24) is 9.80 Å². The molecule has 6 unspecified atom stereocenters. The van der Waals surface area contributed by atoms with Gasteiger partial charge in [0.25, 0.3) is 0 Å². The van der Waals surface area contributed by atoms with E-state index in [0.717, 1.165) is 10.9 Å². The Morgan fingerprint density at radius 2 is 1.84 bits per heavy atom. The highest BCUT2D eigenvalue weighted by Crippen LogP contribution is 2.51. The highest BCUT2D eigenvalue weighted by atomic mass is 16.3. The van der Waals surface area contributed by atoms with Gasteiger partial charge < -0.3 is 26.3 Å². The molecule has 3 aliphatic carbocycles. The molecule has 10 heteroatoms. The number of primary amides is 1. The minimum atomic E-state index is -2.50. The number of hydrogen-bond acceptors (Lipinski definition) is 9. The van der Waals surface area contributed by atoms with Gasteiger partial charge in [-0.05, 0) is 69.5 Å². The zero-order valence-corrected chi connectivity index (χ0v) is 21.8. The average molecular weight is 521 g/mol. The molecule has 2 fully saturated rings. The van der Waals surface area contributed by atoms with Gasteiger partial charge in [-0.15, -0.1) is 0 Å². The van der Waals surface area contributed by atoms with Gasteiger partial charge in [-0.1, -0.05) is 18.2 Å². The number of nitrogens with zero attached hydrogens (tertiary/aromatic N) is 2. The number of nitrogens with two attached hydrogens (primary N) is 1. The van der Waals surface area contributed by atoms with Crippen molar-refractivity contribution in [2.45, 2.75) is 31.0 Å². The van der Waals surface area contributed by atoms with Gasteiger partial charge in [0.2, 0.25) is 5.91 Å². The van der Waals surface area contributed by atoms with Crippen LogP contribution in [0.3, 0.4) is 0 Å². The first kappa shape index (κ1) is 26.1. The van der Waals surface area contributed by atoms with Crippen LogP contribution in [0.4, 0.5) is 0 Å². The van der Waals surface area contributed by atoms with Crippen molar-refractivity contribution < 1.29 is 29.4 Å². The number of rotatable bonds is 4. The number of nitrogens with one attached hydrogen (secondary N) is 1. The number of Topliss-reactive ketones (excluding diaryl/α,β-unsaturated/α-hetero) is 3. The molecular weight excluding hydrogens is 488 g/mol. The largest absolute Gasteiger partial charge is 0.507 e. The van der Waals surface area contributed by atoms with Crippen molar-refractivity contribution in [3.63, 3.8) is 0 Å². The van der Waals surface area contributed by atoms with E-state index in [0.29, 0.717) is 17.5 Å². The summed E-state index contributed by atoms with van der Waals surface area (Å²) in [7, 11) is 7.08. The summed E-state index contributed by atoms with van der Waals surface area (Å²) in [6.45, 7) is 0.624. The molecule has 38 heavy (non-hydrogen) atoms. The smallest absolute Gasteiger partial charge is 0.233 e. The molecule has 0 radical (unpaired) electrons. The number of carbonyl (C=O) groups excluding carboxylic acids is 4. The highest BCUT2D eigenvalue weighted by Gasteiger charge is 2.67. The van der Waals surface area contributed by atoms with Crippen molar-refractivity contribution >= 4 is 39.7 Å². The van der Waals surface area contributed by atoms with E-state index in [1.165, 1.54) is 4.90 Å². The summed E-state index contributed by atoms with van der Waals surface area (Å²) < 4.78 is 0. The van der Waals surface area contributed by atoms with E-state index in [9.17, 15) is 29.4 Å². The summed E-state index contributed by atoms with van der Waals surface area (Å²) in [4.78, 5) is 56.8. The molecule has 0 spiro atoms. The van der Waals surface area contributed by atoms with Crippen LogP contribution < -0.4 is 5.73 Å². The lowest BCUT2D eigenvalue weighted by Crippen LogP contribution is -2.73. The van der Waals surface area contributed by atoms with Crippen LogP contribution in [0.1, 0.15) is 27.9 Å². The van der Waals surface area contributed by atoms with E-state index < -0.39 is 64.3 Å². The normalized spacial score (nSPS) is 31.0. The first-order valence-corrected chi connectivity index (χ1v) is 12.6. The Hall–Kier alpha value is -3.47. The Labute approximate surface area is 219 Å². The van der Waals surface area contributed by atoms with Crippen LogP contribution in [0.2, 0.25) is 0 Å². The van der Waals surface area contributed by atoms with Gasteiger partial charge in [-0.25, -0.2) is 0 Å². The van der Waals surface area contributed by atoms with Crippen LogP contribution in [0.25, 0.3) is 10.8 Å². The zero-order valence-electron chi connectivity index (χ0n) is 21.8. The molecule has 2 saturated carbocycles. The Morgan fingerprint density at radius 3 is 2.45 bits per heavy atom. The van der Waals surface area contributed by atoms with Gasteiger partial charge >= 0.3 is 0 Å². The van der Waals surface area contributed by atoms with Gasteiger partial charge in [0, 0.05) is 17.8 Å². The third-order valence-electron chi connectivity index (χ3n) is 8.55. The molecule has 5 rings (SSSR count). The lowest BCUT2D eigenvalue weighted by Gasteiger charge is -2.53. The van der Waals surface area contributed by atoms with Crippen LogP contribution in [0.15, 0.2) is 24.3 Å². The van der Waals surface area contributed by atoms with Gasteiger partial charge in [0.1, 0.15) is 11.7 Å². The van der Waals surface area contributed by atoms with Gasteiger partial charge in [-0.2, -0.15) is 0 Å². The van der Waals surface area contributed by atoms with Crippen molar-refractivity contribution in [2.75, 3.05) is 28.2 Å². The maximum Gasteiger partial charge on any atom is 0.233 e. The Morgan fingerprint density at radius 1 is 1.16 bits per heavy atom. The first-order valence-electron chi connectivity index (χ1n) is 12.6. The number of benzene rings is 2. The third-order valence-corrected chi connectivity index (χ3v) is 8.55. The molecule has 0 aliphatic heterocycles. The molecule has 0 bridgehead atoms. The molecule has 0 aromatic heterocycles. The second kappa shape index (κ2) is 8.79. The van der Waals surface area contributed by atoms with Crippen molar-refractivity contribution in [1.29, 1.82) is 5.41 Å². The molecule has 3 aliphatic rings. The molecule has 200 valence electrons. The van der Waals surface area contributed by atoms with E-state index in [2.05, 4.69) is 0 Å². The predicted molar refractivity (Wildman–Crippen MR) is 139 cm³/mol. The average Bonchev–Trinajstić information content (AvgIpc) is 2.81. The zero-order chi connectivity index (χ0) is 27.8. The number of aliphatic hydroxyl groups is 1. The minimum Gasteiger partial charge on any atom is -0.507 e. The standard InChI is InChI=1S/C28H32N4O6/c1-31(2)11-12-6-5-7-15-16(12)9-13-8-14-10-17-21(32(3)4)24(35)20(27(30)37)25(29)28(17,38)26(36)19(14)23(34)18(13)22(15)33/h5-7,9,14,17,19-21,29,33,38H,8,10-11H2,1-4H3,(H2,30,37). The molecule has 1 amide bonds. The lowest BCUT2D eigenvalue weighted by atomic mass is 9.52. The summed E-state index contributed by atoms with van der Waals surface area (Å²) in [5.41, 5.74) is 3.80. The molecule has 2 aromatic carbocycles. The summed E-state index contributed by atoms with van der Waals surface area (Å²) in [5.74, 6) is -8.13. The molecule has 6 atom stereocenters. The molecule has 0 saturated heterocycles. The summed E-state index contributed by atoms with van der Waals surface area (Å²) in [6.07, 6.45) is 0.392. The quantitative estimate of drug-likeness (QED) is 0.424. The highest BCUT2D eigenvalue weighted by molar-refractivity contribution is 6.33. The number of hydrogen-bond donors (Lipinski definition) is 4. The van der Waals surface area contributed by atoms with Crippen molar-refractivity contribution in [3.05, 3.63) is 41.0 Å². The molecule has 5 N–H and O–H groups in total. The van der Waals surface area contributed by atoms with Crippen LogP contribution in [0.5, 0.6) is 5.75 Å². The molecule has 0 heterocycles. The van der Waals surface area contributed by atoms with Gasteiger partial charge in [0.15, 0.2) is 23.0 Å². The van der Waals surface area contributed by atoms with Crippen molar-refractivity contribution in [3.8, 4) is 5.75 Å². The lowest BCUT2D eigenvalue weighted by molar-refractivity contribution is -0.157. The maximum atomic E-state index is 14.0. The summed E-state index contributed by atoms with van der Waals surface area (Å²) >= 11 is 0. The van der Waals surface area contributed by atoms with Crippen molar-refractivity contribution in [2.24, 2.45) is 29.4 Å². The number of phenolic OH excluding ortho intramolecular Hbond substituents is 1. The van der Waals surface area contributed by atoms with Crippen LogP contribution in [-0.4, -0.2) is 88.8 Å². The molecule has 2 aromatic rings. The number of amides is 1. The summed E-state index contributed by atoms with van der Waals surface area (Å²) in [5, 5.41) is 32.9. The second-order valence-electron chi connectivity index (χ2n) is 11.3. The minimum absolute atomic E-state index is 0.0465. The van der Waals surface area contributed by atoms with E-state index >= 15 is 0 Å². The van der Waals surface area contributed by atoms with Gasteiger partial charge in [-0.3, -0.25) is 24.1 Å². The number of phenols is 1. The second-order valence-corrected chi connectivity index (χ2v) is 11.3. The van der Waals surface area contributed by atoms with Crippen LogP contribution >= 0.6 is 0 Å². The summed E-state index contributed by atoms with van der Waals surface area (Å²) in [6, 6.07) is 6.33. The van der Waals surface area contributed by atoms with E-state index in [4.69, 9.17) is 11.1 Å². The fourth-order valence-corrected chi connectivity index (χ4v) is 6.99. The molecule has 10 nitrogen and oxygen atoms in total. The van der Waals surface area contributed by atoms with Crippen LogP contribution in [0, 0.1) is 29.1 Å². The Balaban J connectivity index is 1.66. The number of likely N-dealkylation sites (N-methyl/N-ethyl adjacent to an activating group) is 1. The van der Waals surface area contributed by atoms with Gasteiger partial charge in [0.05, 0.1) is 23.2 Å². The monoisotopic (exact) mass is 520 g/mol. The third kappa shape index (κ3) is 3.47. The maximum absolute atomic E-state index is 14.0. The SMILES string of the molecule is CN(C)Cc1cccc2c(O)c3c(cc12)CC1CC2C(N(C)C)C(=O)C(C(N)=O)C(=N)C2(O)C(=O)C1C3=O. The predicted octanol–water partition coefficient (Wildman–Crippen LogP) is 0.532. The topological polar surface area (TPSA) is 165 Å². The molecular formula is C28H32N4O6. The fourth-order valence-electron chi connectivity index (χ4n) is 6.99. The Kier molecular flexibility index (Phi) is 6.05. The first-order chi connectivity index (χ1) is 17.8. The fraction of sp³-hybridized carbons (Fsp3) is 0.464. The number of ketones is 3. The number of fused-ring (bicyclic) bond motifs is 4. The van der Waals surface area contributed by atoms with E-state index in [1.807, 2.05) is 31.1 Å².